The number of hydrogen-bond donors (Lipinski definition) is 0. The highest BCUT2D eigenvalue weighted by Crippen LogP contribution is 2.31. The first kappa shape index (κ1) is 47.3. The standard InChI is InChI=1S/C42H72O10/c1-5-7-9-11-13-19-25-31-47-37(43)27-21-15-17-23-29-39(45)49-33-42(35-51-41(3,4)52-36-42)34-50-40(46)30-24-18-16-22-28-38(44)48-32-26-20-14-12-10-8-6-2/h13-14,19-20H,5-12,15-18,21-36H2,1-4H3/b19-13-,20-14-. The monoisotopic (exact) mass is 737 g/mol. The molecule has 0 unspecified atom stereocenters. The van der Waals surface area contributed by atoms with Crippen LogP contribution < -0.4 is 0 Å². The molecule has 1 aliphatic rings. The number of carbonyl (C=O) groups excluding carboxylic acids is 4. The first-order valence-electron chi connectivity index (χ1n) is 20.3. The van der Waals surface area contributed by atoms with Crippen molar-refractivity contribution < 1.29 is 47.6 Å². The molecule has 1 fully saturated rings. The summed E-state index contributed by atoms with van der Waals surface area (Å²) in [5.41, 5.74) is -0.781. The van der Waals surface area contributed by atoms with E-state index in [1.165, 1.54) is 38.5 Å². The molecule has 0 N–H and O–H groups in total. The molecule has 0 aromatic heterocycles. The predicted molar refractivity (Wildman–Crippen MR) is 203 cm³/mol. The summed E-state index contributed by atoms with van der Waals surface area (Å²) in [6.45, 7) is 9.37. The van der Waals surface area contributed by atoms with E-state index in [4.69, 9.17) is 28.4 Å². The minimum atomic E-state index is -0.781. The normalized spacial score (nSPS) is 15.2. The van der Waals surface area contributed by atoms with Gasteiger partial charge in [0.2, 0.25) is 0 Å². The molecule has 52 heavy (non-hydrogen) atoms. The Morgan fingerprint density at radius 3 is 1.19 bits per heavy atom. The van der Waals surface area contributed by atoms with E-state index in [1.54, 1.807) is 0 Å². The van der Waals surface area contributed by atoms with E-state index in [1.807, 2.05) is 13.8 Å². The van der Waals surface area contributed by atoms with Gasteiger partial charge < -0.3 is 28.4 Å². The molecular weight excluding hydrogens is 664 g/mol. The van der Waals surface area contributed by atoms with Gasteiger partial charge in [-0.1, -0.05) is 89.5 Å². The molecule has 0 atom stereocenters. The second-order valence-corrected chi connectivity index (χ2v) is 14.6. The zero-order valence-electron chi connectivity index (χ0n) is 33.2. The summed E-state index contributed by atoms with van der Waals surface area (Å²) >= 11 is 0. The summed E-state index contributed by atoms with van der Waals surface area (Å²) in [7, 11) is 0. The van der Waals surface area contributed by atoms with E-state index < -0.39 is 11.2 Å². The van der Waals surface area contributed by atoms with E-state index in [2.05, 4.69) is 38.2 Å². The van der Waals surface area contributed by atoms with Gasteiger partial charge in [0, 0.05) is 25.7 Å². The van der Waals surface area contributed by atoms with Crippen molar-refractivity contribution in [1.29, 1.82) is 0 Å². The first-order chi connectivity index (χ1) is 25.1. The fourth-order valence-corrected chi connectivity index (χ4v) is 5.46. The molecule has 10 nitrogen and oxygen atoms in total. The van der Waals surface area contributed by atoms with Gasteiger partial charge in [0.25, 0.3) is 0 Å². The lowest BCUT2D eigenvalue weighted by molar-refractivity contribution is -0.296. The van der Waals surface area contributed by atoms with Crippen LogP contribution in [0.25, 0.3) is 0 Å². The molecule has 10 heteroatoms. The SMILES string of the molecule is CCCCC/C=C\CCOC(=O)CCCCCCC(=O)OCC1(COC(=O)CCCCCCC(=O)OCC/C=C\CCCCC)COC(C)(C)OC1. The smallest absolute Gasteiger partial charge is 0.305 e. The Kier molecular flexibility index (Phi) is 27.9. The van der Waals surface area contributed by atoms with Crippen LogP contribution in [0.5, 0.6) is 0 Å². The molecule has 0 amide bonds. The molecule has 300 valence electrons. The molecule has 0 aromatic carbocycles. The summed E-state index contributed by atoms with van der Waals surface area (Å²) in [6, 6.07) is 0. The molecule has 0 bridgehead atoms. The maximum atomic E-state index is 12.5. The first-order valence-corrected chi connectivity index (χ1v) is 20.3. The Labute approximate surface area is 315 Å². The average Bonchev–Trinajstić information content (AvgIpc) is 3.12. The molecule has 1 rings (SSSR count). The van der Waals surface area contributed by atoms with Crippen molar-refractivity contribution in [2.24, 2.45) is 5.41 Å². The zero-order chi connectivity index (χ0) is 38.2. The summed E-state index contributed by atoms with van der Waals surface area (Å²) < 4.78 is 33.5. The van der Waals surface area contributed by atoms with Crippen LogP contribution in [-0.4, -0.2) is 69.3 Å². The van der Waals surface area contributed by atoms with E-state index in [9.17, 15) is 19.2 Å². The molecule has 0 aromatic rings. The van der Waals surface area contributed by atoms with Crippen molar-refractivity contribution in [3.8, 4) is 0 Å². The molecule has 0 saturated carbocycles. The second-order valence-electron chi connectivity index (χ2n) is 14.6. The summed E-state index contributed by atoms with van der Waals surface area (Å²) in [4.78, 5) is 49.0. The van der Waals surface area contributed by atoms with E-state index >= 15 is 0 Å². The van der Waals surface area contributed by atoms with Gasteiger partial charge >= 0.3 is 23.9 Å². The minimum Gasteiger partial charge on any atom is -0.465 e. The summed E-state index contributed by atoms with van der Waals surface area (Å²) in [5.74, 6) is -1.77. The van der Waals surface area contributed by atoms with Crippen LogP contribution in [-0.2, 0) is 47.6 Å². The van der Waals surface area contributed by atoms with Crippen molar-refractivity contribution in [2.75, 3.05) is 39.6 Å². The zero-order valence-corrected chi connectivity index (χ0v) is 33.2. The van der Waals surface area contributed by atoms with Gasteiger partial charge in [0.1, 0.15) is 13.2 Å². The summed E-state index contributed by atoms with van der Waals surface area (Å²) in [5, 5.41) is 0. The van der Waals surface area contributed by atoms with Gasteiger partial charge in [-0.2, -0.15) is 0 Å². The van der Waals surface area contributed by atoms with Crippen molar-refractivity contribution in [3.63, 3.8) is 0 Å². The minimum absolute atomic E-state index is 0.0281. The van der Waals surface area contributed by atoms with Gasteiger partial charge in [-0.25, -0.2) is 0 Å². The molecule has 0 radical (unpaired) electrons. The Balaban J connectivity index is 2.20. The van der Waals surface area contributed by atoms with Crippen LogP contribution in [0.1, 0.15) is 169 Å². The molecule has 1 saturated heterocycles. The maximum absolute atomic E-state index is 12.5. The molecule has 1 heterocycles. The Morgan fingerprint density at radius 1 is 0.481 bits per heavy atom. The van der Waals surface area contributed by atoms with Crippen molar-refractivity contribution in [3.05, 3.63) is 24.3 Å². The van der Waals surface area contributed by atoms with E-state index in [0.717, 1.165) is 64.2 Å². The molecule has 0 spiro atoms. The number of unbranched alkanes of at least 4 members (excludes halogenated alkanes) is 12. The molecule has 1 aliphatic heterocycles. The average molecular weight is 737 g/mol. The Hall–Kier alpha value is -2.72. The lowest BCUT2D eigenvalue weighted by Crippen LogP contribution is -2.51. The quantitative estimate of drug-likeness (QED) is 0.0285. The Morgan fingerprint density at radius 2 is 0.827 bits per heavy atom. The van der Waals surface area contributed by atoms with Crippen molar-refractivity contribution in [2.45, 2.75) is 175 Å². The third-order valence-corrected chi connectivity index (χ3v) is 8.93. The third-order valence-electron chi connectivity index (χ3n) is 8.93. The number of hydrogen-bond acceptors (Lipinski definition) is 10. The topological polar surface area (TPSA) is 124 Å². The predicted octanol–water partition coefficient (Wildman–Crippen LogP) is 9.66. The fourth-order valence-electron chi connectivity index (χ4n) is 5.46. The van der Waals surface area contributed by atoms with Gasteiger partial charge in [-0.15, -0.1) is 0 Å². The number of allylic oxidation sites excluding steroid dienone is 2. The highest BCUT2D eigenvalue weighted by Gasteiger charge is 2.42. The number of ether oxygens (including phenoxy) is 6. The summed E-state index contributed by atoms with van der Waals surface area (Å²) in [6.07, 6.45) is 26.8. The number of carbonyl (C=O) groups is 4. The highest BCUT2D eigenvalue weighted by molar-refractivity contribution is 5.70. The fraction of sp³-hybridized carbons (Fsp3) is 0.810. The number of rotatable bonds is 32. The van der Waals surface area contributed by atoms with E-state index in [0.29, 0.717) is 38.9 Å². The van der Waals surface area contributed by atoms with Gasteiger partial charge in [-0.05, 0) is 78.1 Å². The van der Waals surface area contributed by atoms with Crippen LogP contribution in [0.3, 0.4) is 0 Å². The van der Waals surface area contributed by atoms with Gasteiger partial charge in [-0.3, -0.25) is 19.2 Å². The van der Waals surface area contributed by atoms with Crippen molar-refractivity contribution in [1.82, 2.24) is 0 Å². The van der Waals surface area contributed by atoms with Crippen molar-refractivity contribution >= 4 is 23.9 Å². The van der Waals surface area contributed by atoms with Gasteiger partial charge in [0.05, 0.1) is 31.8 Å². The van der Waals surface area contributed by atoms with E-state index in [-0.39, 0.29) is 63.1 Å². The largest absolute Gasteiger partial charge is 0.465 e. The maximum Gasteiger partial charge on any atom is 0.305 e. The number of esters is 4. The van der Waals surface area contributed by atoms with Crippen LogP contribution in [0.15, 0.2) is 24.3 Å². The third kappa shape index (κ3) is 27.0. The molecular formula is C42H72O10. The lowest BCUT2D eigenvalue weighted by atomic mass is 9.91. The lowest BCUT2D eigenvalue weighted by Gasteiger charge is -2.42. The Bertz CT molecular complexity index is 940. The van der Waals surface area contributed by atoms with Crippen LogP contribution in [0.2, 0.25) is 0 Å². The van der Waals surface area contributed by atoms with Gasteiger partial charge in [0.15, 0.2) is 5.79 Å². The van der Waals surface area contributed by atoms with Crippen LogP contribution >= 0.6 is 0 Å². The second kappa shape index (κ2) is 30.7. The molecule has 0 aliphatic carbocycles. The van der Waals surface area contributed by atoms with Crippen LogP contribution in [0.4, 0.5) is 0 Å². The van der Waals surface area contributed by atoms with Crippen LogP contribution in [0, 0.1) is 5.41 Å². The highest BCUT2D eigenvalue weighted by atomic mass is 16.7.